The smallest absolute Gasteiger partial charge is 0.246 e. The first-order valence-corrected chi connectivity index (χ1v) is 13.4. The fourth-order valence-corrected chi connectivity index (χ4v) is 7.95. The summed E-state index contributed by atoms with van der Waals surface area (Å²) in [6.07, 6.45) is 2.42. The summed E-state index contributed by atoms with van der Waals surface area (Å²) in [6, 6.07) is 14.4. The molecule has 4 aliphatic heterocycles. The maximum Gasteiger partial charge on any atom is 0.246 e. The molecule has 8 heteroatoms. The summed E-state index contributed by atoms with van der Waals surface area (Å²) in [4.78, 5) is 46.2. The molecule has 3 saturated heterocycles. The van der Waals surface area contributed by atoms with E-state index in [1.807, 2.05) is 36.4 Å². The third kappa shape index (κ3) is 3.37. The van der Waals surface area contributed by atoms with Crippen LogP contribution < -0.4 is 10.1 Å². The van der Waals surface area contributed by atoms with Gasteiger partial charge >= 0.3 is 0 Å². The molecule has 2 aromatic rings. The Morgan fingerprint density at radius 1 is 1.08 bits per heavy atom. The Morgan fingerprint density at radius 2 is 1.86 bits per heavy atom. The van der Waals surface area contributed by atoms with E-state index in [1.165, 1.54) is 0 Å². The summed E-state index contributed by atoms with van der Waals surface area (Å²) >= 11 is 1.74. The average Bonchev–Trinajstić information content (AvgIpc) is 3.54. The van der Waals surface area contributed by atoms with E-state index in [4.69, 9.17) is 4.74 Å². The number of carbonyl (C=O) groups excluding carboxylic acids is 3. The van der Waals surface area contributed by atoms with Crippen LogP contribution in [0, 0.1) is 0 Å². The summed E-state index contributed by atoms with van der Waals surface area (Å²) in [7, 11) is 1.60. The summed E-state index contributed by atoms with van der Waals surface area (Å²) in [6.45, 7) is 4.93. The van der Waals surface area contributed by atoms with Crippen molar-refractivity contribution in [3.05, 3.63) is 54.1 Å². The van der Waals surface area contributed by atoms with Crippen LogP contribution in [-0.2, 0) is 19.8 Å². The highest BCUT2D eigenvalue weighted by Crippen LogP contribution is 2.55. The second-order valence-corrected chi connectivity index (χ2v) is 12.7. The number of methoxy groups -OCH3 is 1. The molecule has 0 aliphatic carbocycles. The van der Waals surface area contributed by atoms with Gasteiger partial charge in [-0.1, -0.05) is 38.1 Å². The van der Waals surface area contributed by atoms with Crippen molar-refractivity contribution < 1.29 is 19.1 Å². The summed E-state index contributed by atoms with van der Waals surface area (Å²) in [5.74, 6) is 0.508. The lowest BCUT2D eigenvalue weighted by Gasteiger charge is -2.44. The zero-order valence-corrected chi connectivity index (χ0v) is 21.6. The first kappa shape index (κ1) is 23.4. The SMILES string of the molecule is COc1ccc2c(c1)NC(=O)[C@@]21C[C@H]2C(=O)N3CCC[C@H]3C(=O)N2[C@H]1CC(C)(C)Sc1ccccc1. The average molecular weight is 506 g/mol. The molecule has 6 rings (SSSR count). The van der Waals surface area contributed by atoms with E-state index >= 15 is 0 Å². The first-order chi connectivity index (χ1) is 17.2. The Balaban J connectivity index is 1.45. The molecule has 0 bridgehead atoms. The van der Waals surface area contributed by atoms with Crippen molar-refractivity contribution in [2.24, 2.45) is 0 Å². The normalized spacial score (nSPS) is 28.9. The maximum absolute atomic E-state index is 13.9. The third-order valence-electron chi connectivity index (χ3n) is 8.30. The zero-order chi connectivity index (χ0) is 25.2. The van der Waals surface area contributed by atoms with Gasteiger partial charge in [0, 0.05) is 27.9 Å². The topological polar surface area (TPSA) is 79.0 Å². The molecular weight excluding hydrogens is 474 g/mol. The number of amides is 3. The molecule has 3 amide bonds. The fraction of sp³-hybridized carbons (Fsp3) is 0.464. The minimum Gasteiger partial charge on any atom is -0.497 e. The van der Waals surface area contributed by atoms with E-state index in [9.17, 15) is 14.4 Å². The third-order valence-corrected chi connectivity index (χ3v) is 9.53. The lowest BCUT2D eigenvalue weighted by molar-refractivity contribution is -0.159. The van der Waals surface area contributed by atoms with Gasteiger partial charge in [0.2, 0.25) is 17.7 Å². The van der Waals surface area contributed by atoms with Crippen LogP contribution in [0.1, 0.15) is 45.1 Å². The number of thioether (sulfide) groups is 1. The monoisotopic (exact) mass is 505 g/mol. The number of hydrogen-bond donors (Lipinski definition) is 1. The Labute approximate surface area is 215 Å². The predicted molar refractivity (Wildman–Crippen MR) is 138 cm³/mol. The van der Waals surface area contributed by atoms with Gasteiger partial charge in [-0.05, 0) is 49.4 Å². The van der Waals surface area contributed by atoms with Crippen LogP contribution in [0.3, 0.4) is 0 Å². The Bertz CT molecular complexity index is 1250. The largest absolute Gasteiger partial charge is 0.497 e. The first-order valence-electron chi connectivity index (χ1n) is 12.6. The second kappa shape index (κ2) is 8.26. The summed E-state index contributed by atoms with van der Waals surface area (Å²) < 4.78 is 5.11. The number of carbonyl (C=O) groups is 3. The van der Waals surface area contributed by atoms with Crippen molar-refractivity contribution in [3.8, 4) is 5.75 Å². The standard InChI is InChI=1S/C28H31N3O4S/c1-27(2,36-18-8-5-4-6-9-18)16-23-28(19-12-11-17(35-3)14-20(19)29-26(28)34)15-22-24(32)30-13-7-10-21(30)25(33)31(22)23/h4-6,8-9,11-12,14,21-23H,7,10,13,15-16H2,1-3H3,(H,29,34)/t21-,22-,23-,28-/m0/s1. The molecule has 4 heterocycles. The summed E-state index contributed by atoms with van der Waals surface area (Å²) in [5, 5.41) is 3.07. The van der Waals surface area contributed by atoms with Gasteiger partial charge in [-0.3, -0.25) is 14.4 Å². The molecule has 1 N–H and O–H groups in total. The minimum atomic E-state index is -0.980. The number of nitrogens with zero attached hydrogens (tertiary/aromatic N) is 2. The van der Waals surface area contributed by atoms with Crippen LogP contribution in [0.25, 0.3) is 0 Å². The van der Waals surface area contributed by atoms with Gasteiger partial charge in [0.05, 0.1) is 18.6 Å². The molecule has 7 nitrogen and oxygen atoms in total. The highest BCUT2D eigenvalue weighted by Gasteiger charge is 2.67. The number of fused-ring (bicyclic) bond motifs is 4. The molecule has 0 radical (unpaired) electrons. The Hall–Kier alpha value is -3.00. The quantitative estimate of drug-likeness (QED) is 0.625. The molecule has 4 atom stereocenters. The molecule has 0 unspecified atom stereocenters. The number of nitrogens with one attached hydrogen (secondary N) is 1. The number of benzene rings is 2. The van der Waals surface area contributed by atoms with Crippen molar-refractivity contribution in [1.29, 1.82) is 0 Å². The molecule has 2 aromatic carbocycles. The molecule has 0 aromatic heterocycles. The van der Waals surface area contributed by atoms with Gasteiger partial charge < -0.3 is 19.9 Å². The van der Waals surface area contributed by atoms with Crippen molar-refractivity contribution in [3.63, 3.8) is 0 Å². The van der Waals surface area contributed by atoms with Gasteiger partial charge in [-0.25, -0.2) is 0 Å². The minimum absolute atomic E-state index is 0.00533. The van der Waals surface area contributed by atoms with E-state index in [-0.39, 0.29) is 22.5 Å². The number of rotatable bonds is 5. The van der Waals surface area contributed by atoms with Crippen LogP contribution in [0.5, 0.6) is 5.75 Å². The van der Waals surface area contributed by atoms with Gasteiger partial charge in [0.25, 0.3) is 0 Å². The van der Waals surface area contributed by atoms with Gasteiger partial charge in [-0.2, -0.15) is 0 Å². The van der Waals surface area contributed by atoms with Crippen molar-refractivity contribution in [2.45, 2.75) is 72.7 Å². The Kier molecular flexibility index (Phi) is 5.37. The molecule has 3 fully saturated rings. The predicted octanol–water partition coefficient (Wildman–Crippen LogP) is 3.82. The van der Waals surface area contributed by atoms with Crippen LogP contribution in [0.4, 0.5) is 5.69 Å². The van der Waals surface area contributed by atoms with E-state index in [0.29, 0.717) is 37.2 Å². The van der Waals surface area contributed by atoms with Crippen LogP contribution >= 0.6 is 11.8 Å². The number of hydrogen-bond acceptors (Lipinski definition) is 5. The van der Waals surface area contributed by atoms with Gasteiger partial charge in [0.1, 0.15) is 17.8 Å². The fourth-order valence-electron chi connectivity index (χ4n) is 6.78. The molecular formula is C28H31N3O4S. The lowest BCUT2D eigenvalue weighted by atomic mass is 9.72. The molecule has 1 spiro atoms. The molecule has 0 saturated carbocycles. The van der Waals surface area contributed by atoms with Crippen LogP contribution in [-0.4, -0.2) is 64.0 Å². The molecule has 188 valence electrons. The van der Waals surface area contributed by atoms with E-state index in [1.54, 1.807) is 28.7 Å². The van der Waals surface area contributed by atoms with Crippen LogP contribution in [0.15, 0.2) is 53.4 Å². The second-order valence-electron chi connectivity index (χ2n) is 10.9. The molecule has 36 heavy (non-hydrogen) atoms. The summed E-state index contributed by atoms with van der Waals surface area (Å²) in [5.41, 5.74) is 0.582. The Morgan fingerprint density at radius 3 is 2.61 bits per heavy atom. The highest BCUT2D eigenvalue weighted by atomic mass is 32.2. The van der Waals surface area contributed by atoms with Gasteiger partial charge in [0.15, 0.2) is 0 Å². The van der Waals surface area contributed by atoms with E-state index in [2.05, 4.69) is 31.3 Å². The molecule has 4 aliphatic rings. The van der Waals surface area contributed by atoms with Crippen LogP contribution in [0.2, 0.25) is 0 Å². The van der Waals surface area contributed by atoms with Crippen molar-refractivity contribution in [2.75, 3.05) is 19.0 Å². The van der Waals surface area contributed by atoms with E-state index in [0.717, 1.165) is 16.9 Å². The maximum atomic E-state index is 13.9. The van der Waals surface area contributed by atoms with Crippen molar-refractivity contribution >= 4 is 35.2 Å². The number of anilines is 1. The number of piperazine rings is 1. The van der Waals surface area contributed by atoms with Crippen molar-refractivity contribution in [1.82, 2.24) is 9.80 Å². The lowest BCUT2D eigenvalue weighted by Crippen LogP contribution is -2.63. The van der Waals surface area contributed by atoms with Gasteiger partial charge in [-0.15, -0.1) is 11.8 Å². The number of ether oxygens (including phenoxy) is 1. The zero-order valence-electron chi connectivity index (χ0n) is 20.8. The highest BCUT2D eigenvalue weighted by molar-refractivity contribution is 8.00. The van der Waals surface area contributed by atoms with E-state index < -0.39 is 23.5 Å².